The van der Waals surface area contributed by atoms with Gasteiger partial charge < -0.3 is 10.2 Å². The van der Waals surface area contributed by atoms with Crippen LogP contribution in [-0.2, 0) is 0 Å². The molecule has 4 aliphatic carbocycles. The highest BCUT2D eigenvalue weighted by atomic mass is 19.4. The Morgan fingerprint density at radius 1 is 1.00 bits per heavy atom. The number of fused-ring (bicyclic) bond motifs is 5. The van der Waals surface area contributed by atoms with Crippen LogP contribution in [0.15, 0.2) is 35.5 Å². The summed E-state index contributed by atoms with van der Waals surface area (Å²) in [5.41, 5.74) is 2.27. The lowest BCUT2D eigenvalue weighted by atomic mass is 9.46. The molecule has 0 saturated heterocycles. The third-order valence-electron chi connectivity index (χ3n) is 9.43. The summed E-state index contributed by atoms with van der Waals surface area (Å²) >= 11 is 0. The molecule has 2 fully saturated rings. The fraction of sp³-hybridized carbons (Fsp3) is 0.769. The van der Waals surface area contributed by atoms with E-state index in [0.29, 0.717) is 17.8 Å². The maximum Gasteiger partial charge on any atom is 0.417 e. The summed E-state index contributed by atoms with van der Waals surface area (Å²) < 4.78 is 38.1. The van der Waals surface area contributed by atoms with Gasteiger partial charge in [-0.1, -0.05) is 56.2 Å². The number of alkyl halides is 3. The third kappa shape index (κ3) is 3.84. The Morgan fingerprint density at radius 2 is 1.71 bits per heavy atom. The zero-order valence-corrected chi connectivity index (χ0v) is 19.2. The summed E-state index contributed by atoms with van der Waals surface area (Å²) in [7, 11) is 0. The van der Waals surface area contributed by atoms with Gasteiger partial charge in [-0.2, -0.15) is 13.2 Å². The number of allylic oxidation sites excluding steroid dienone is 4. The van der Waals surface area contributed by atoms with E-state index >= 15 is 0 Å². The quantitative estimate of drug-likeness (QED) is 0.504. The Labute approximate surface area is 184 Å². The first-order chi connectivity index (χ1) is 14.3. The molecule has 0 aliphatic heterocycles. The number of hydrogen-bond acceptors (Lipinski definition) is 2. The molecule has 0 aromatic heterocycles. The maximum atomic E-state index is 12.7. The van der Waals surface area contributed by atoms with Crippen LogP contribution in [0.1, 0.15) is 72.6 Å². The van der Waals surface area contributed by atoms with Gasteiger partial charge in [0.15, 0.2) is 6.10 Å². The standard InChI is InChI=1S/C26H37F3O2/c1-16(5-10-22(30)26(27,28)29)19-8-9-20-18-7-6-17-15-23(2,31)13-14-24(17,3)21(18)11-12-25(19,20)4/h5-6,8,10,16,18,20-22,30-31H,7,9,11-15H2,1-4H3/b10-5+/t16-,18+,20+,21+,22?,23+,24+,25-/m1/s1. The van der Waals surface area contributed by atoms with Crippen molar-refractivity contribution in [3.8, 4) is 0 Å². The van der Waals surface area contributed by atoms with Crippen molar-refractivity contribution in [2.75, 3.05) is 0 Å². The molecule has 4 aliphatic rings. The molecule has 31 heavy (non-hydrogen) atoms. The SMILES string of the molecule is C[C@H](/C=C/C(O)C(F)(F)F)C1=CC[C@H]2[C@@H]3CC=C4C[C@@](C)(O)CC[C@]4(C)[C@H]3CC[C@]12C. The zero-order chi connectivity index (χ0) is 22.8. The lowest BCUT2D eigenvalue weighted by Gasteiger charge is -2.58. The van der Waals surface area contributed by atoms with E-state index in [1.165, 1.54) is 17.2 Å². The average molecular weight is 439 g/mol. The predicted molar refractivity (Wildman–Crippen MR) is 116 cm³/mol. The molecule has 4 rings (SSSR count). The van der Waals surface area contributed by atoms with Crippen LogP contribution < -0.4 is 0 Å². The molecule has 2 N–H and O–H groups in total. The number of aliphatic hydroxyl groups excluding tert-OH is 1. The molecule has 0 aromatic rings. The minimum atomic E-state index is -4.61. The summed E-state index contributed by atoms with van der Waals surface area (Å²) in [6, 6.07) is 0. The molecule has 0 spiro atoms. The smallest absolute Gasteiger partial charge is 0.390 e. The van der Waals surface area contributed by atoms with E-state index in [0.717, 1.165) is 51.0 Å². The van der Waals surface area contributed by atoms with Gasteiger partial charge in [-0.3, -0.25) is 0 Å². The van der Waals surface area contributed by atoms with E-state index < -0.39 is 17.9 Å². The Balaban J connectivity index is 1.54. The molecule has 0 amide bonds. The number of halogens is 3. The van der Waals surface area contributed by atoms with Crippen LogP contribution in [0.25, 0.3) is 0 Å². The van der Waals surface area contributed by atoms with Gasteiger partial charge in [-0.25, -0.2) is 0 Å². The minimum Gasteiger partial charge on any atom is -0.390 e. The van der Waals surface area contributed by atoms with Crippen LogP contribution in [-0.4, -0.2) is 28.1 Å². The van der Waals surface area contributed by atoms with Crippen LogP contribution in [0.4, 0.5) is 13.2 Å². The summed E-state index contributed by atoms with van der Waals surface area (Å²) in [6.07, 6.45) is 6.98. The molecular formula is C26H37F3O2. The highest BCUT2D eigenvalue weighted by Crippen LogP contribution is 2.66. The Hall–Kier alpha value is -1.07. The van der Waals surface area contributed by atoms with E-state index in [9.17, 15) is 23.4 Å². The summed E-state index contributed by atoms with van der Waals surface area (Å²) in [5.74, 6) is 1.61. The van der Waals surface area contributed by atoms with Crippen LogP contribution in [0.3, 0.4) is 0 Å². The van der Waals surface area contributed by atoms with Crippen molar-refractivity contribution < 1.29 is 23.4 Å². The van der Waals surface area contributed by atoms with Crippen LogP contribution in [0.2, 0.25) is 0 Å². The van der Waals surface area contributed by atoms with Crippen LogP contribution in [0, 0.1) is 34.5 Å². The Morgan fingerprint density at radius 3 is 2.39 bits per heavy atom. The van der Waals surface area contributed by atoms with Gasteiger partial charge in [0.25, 0.3) is 0 Å². The van der Waals surface area contributed by atoms with Gasteiger partial charge in [0.1, 0.15) is 0 Å². The fourth-order valence-corrected chi connectivity index (χ4v) is 7.60. The van der Waals surface area contributed by atoms with Crippen LogP contribution in [0.5, 0.6) is 0 Å². The highest BCUT2D eigenvalue weighted by Gasteiger charge is 2.57. The van der Waals surface area contributed by atoms with Gasteiger partial charge in [-0.15, -0.1) is 0 Å². The maximum absolute atomic E-state index is 12.7. The highest BCUT2D eigenvalue weighted by molar-refractivity contribution is 5.33. The zero-order valence-electron chi connectivity index (χ0n) is 19.2. The predicted octanol–water partition coefficient (Wildman–Crippen LogP) is 6.35. The van der Waals surface area contributed by atoms with Gasteiger partial charge >= 0.3 is 6.18 Å². The van der Waals surface area contributed by atoms with Crippen molar-refractivity contribution in [1.82, 2.24) is 0 Å². The molecule has 0 aromatic carbocycles. The molecular weight excluding hydrogens is 401 g/mol. The van der Waals surface area contributed by atoms with Crippen molar-refractivity contribution in [2.45, 2.75) is 90.5 Å². The molecule has 1 unspecified atom stereocenters. The third-order valence-corrected chi connectivity index (χ3v) is 9.43. The Bertz CT molecular complexity index is 808. The molecule has 0 radical (unpaired) electrons. The lowest BCUT2D eigenvalue weighted by Crippen LogP contribution is -2.51. The van der Waals surface area contributed by atoms with Crippen molar-refractivity contribution in [3.63, 3.8) is 0 Å². The number of aliphatic hydroxyl groups is 2. The van der Waals surface area contributed by atoms with Gasteiger partial charge in [0.05, 0.1) is 5.60 Å². The van der Waals surface area contributed by atoms with E-state index in [2.05, 4.69) is 26.0 Å². The summed E-state index contributed by atoms with van der Waals surface area (Å²) in [4.78, 5) is 0. The van der Waals surface area contributed by atoms with Crippen molar-refractivity contribution in [1.29, 1.82) is 0 Å². The van der Waals surface area contributed by atoms with E-state index in [1.807, 2.05) is 13.8 Å². The summed E-state index contributed by atoms with van der Waals surface area (Å²) in [6.45, 7) is 8.62. The first kappa shape index (κ1) is 23.1. The second kappa shape index (κ2) is 7.48. The van der Waals surface area contributed by atoms with Crippen LogP contribution >= 0.6 is 0 Å². The molecule has 174 valence electrons. The molecule has 0 bridgehead atoms. The second-order valence-electron chi connectivity index (χ2n) is 11.4. The van der Waals surface area contributed by atoms with Crippen molar-refractivity contribution in [3.05, 3.63) is 35.5 Å². The van der Waals surface area contributed by atoms with Crippen molar-refractivity contribution >= 4 is 0 Å². The van der Waals surface area contributed by atoms with E-state index in [4.69, 9.17) is 0 Å². The monoisotopic (exact) mass is 438 g/mol. The second-order valence-corrected chi connectivity index (χ2v) is 11.4. The molecule has 5 heteroatoms. The van der Waals surface area contributed by atoms with Gasteiger partial charge in [0.2, 0.25) is 0 Å². The molecule has 0 heterocycles. The van der Waals surface area contributed by atoms with E-state index in [1.54, 1.807) is 0 Å². The lowest BCUT2D eigenvalue weighted by molar-refractivity contribution is -0.187. The normalized spacial score (nSPS) is 44.7. The minimum absolute atomic E-state index is 0.00989. The first-order valence-electron chi connectivity index (χ1n) is 11.8. The van der Waals surface area contributed by atoms with E-state index in [-0.39, 0.29) is 16.7 Å². The van der Waals surface area contributed by atoms with Gasteiger partial charge in [0, 0.05) is 0 Å². The number of rotatable bonds is 3. The Kier molecular flexibility index (Phi) is 5.57. The summed E-state index contributed by atoms with van der Waals surface area (Å²) in [5, 5.41) is 20.0. The van der Waals surface area contributed by atoms with Gasteiger partial charge in [-0.05, 0) is 86.4 Å². The topological polar surface area (TPSA) is 40.5 Å². The largest absolute Gasteiger partial charge is 0.417 e. The number of hydrogen-bond donors (Lipinski definition) is 2. The molecule has 8 atom stereocenters. The first-order valence-corrected chi connectivity index (χ1v) is 11.8. The average Bonchev–Trinajstić information content (AvgIpc) is 3.02. The fourth-order valence-electron chi connectivity index (χ4n) is 7.60. The molecule has 2 saturated carbocycles. The molecule has 2 nitrogen and oxygen atoms in total. The van der Waals surface area contributed by atoms with Crippen molar-refractivity contribution in [2.24, 2.45) is 34.5 Å².